The zero-order valence-electron chi connectivity index (χ0n) is 9.40. The van der Waals surface area contributed by atoms with Crippen molar-refractivity contribution >= 4 is 0 Å². The van der Waals surface area contributed by atoms with Crippen LogP contribution in [0, 0.1) is 17.8 Å². The molecule has 0 N–H and O–H groups in total. The van der Waals surface area contributed by atoms with Crippen LogP contribution in [0.4, 0.5) is 0 Å². The Morgan fingerprint density at radius 2 is 1.71 bits per heavy atom. The lowest BCUT2D eigenvalue weighted by Crippen LogP contribution is -2.09. The second kappa shape index (κ2) is 3.76. The average molecular weight is 188 g/mol. The normalized spacial score (nSPS) is 27.7. The molecule has 0 heterocycles. The van der Waals surface area contributed by atoms with Crippen LogP contribution in [-0.4, -0.2) is 0 Å². The fourth-order valence-electron chi connectivity index (χ4n) is 2.65. The first-order valence-electron chi connectivity index (χ1n) is 5.75. The van der Waals surface area contributed by atoms with E-state index in [4.69, 9.17) is 0 Å². The third-order valence-corrected chi connectivity index (χ3v) is 3.54. The molecule has 1 saturated carbocycles. The predicted octanol–water partition coefficient (Wildman–Crippen LogP) is 4.08. The van der Waals surface area contributed by atoms with E-state index in [-0.39, 0.29) is 0 Å². The highest BCUT2D eigenvalue weighted by atomic mass is 14.5. The van der Waals surface area contributed by atoms with Crippen molar-refractivity contribution in [1.29, 1.82) is 0 Å². The Hall–Kier alpha value is -0.780. The first kappa shape index (κ1) is 9.76. The van der Waals surface area contributed by atoms with E-state index in [9.17, 15) is 0 Å². The third-order valence-electron chi connectivity index (χ3n) is 3.54. The van der Waals surface area contributed by atoms with E-state index in [2.05, 4.69) is 51.1 Å². The molecule has 14 heavy (non-hydrogen) atoms. The van der Waals surface area contributed by atoms with Crippen molar-refractivity contribution < 1.29 is 0 Å². The number of rotatable bonds is 3. The van der Waals surface area contributed by atoms with E-state index < -0.39 is 0 Å². The minimum atomic E-state index is 0.771. The topological polar surface area (TPSA) is 0 Å². The molecule has 1 aliphatic rings. The fourth-order valence-corrected chi connectivity index (χ4v) is 2.65. The van der Waals surface area contributed by atoms with Gasteiger partial charge in [-0.1, -0.05) is 51.1 Å². The van der Waals surface area contributed by atoms with Crippen LogP contribution in [0.25, 0.3) is 0 Å². The SMILES string of the molecule is CC(C)C(c1ccccc1)C1CC1C. The molecular formula is C14H20. The number of hydrogen-bond acceptors (Lipinski definition) is 0. The van der Waals surface area contributed by atoms with E-state index in [1.165, 1.54) is 12.0 Å². The smallest absolute Gasteiger partial charge is 0.0108 e. The van der Waals surface area contributed by atoms with Crippen molar-refractivity contribution in [2.75, 3.05) is 0 Å². The van der Waals surface area contributed by atoms with E-state index in [0.29, 0.717) is 0 Å². The predicted molar refractivity (Wildman–Crippen MR) is 61.3 cm³/mol. The third kappa shape index (κ3) is 1.84. The maximum absolute atomic E-state index is 2.38. The molecule has 0 radical (unpaired) electrons. The quantitative estimate of drug-likeness (QED) is 0.670. The van der Waals surface area contributed by atoms with Crippen molar-refractivity contribution in [3.8, 4) is 0 Å². The molecule has 2 rings (SSSR count). The Kier molecular flexibility index (Phi) is 2.62. The van der Waals surface area contributed by atoms with Gasteiger partial charge in [0.25, 0.3) is 0 Å². The monoisotopic (exact) mass is 188 g/mol. The van der Waals surface area contributed by atoms with Gasteiger partial charge in [0.1, 0.15) is 0 Å². The summed E-state index contributed by atoms with van der Waals surface area (Å²) in [5.41, 5.74) is 1.54. The van der Waals surface area contributed by atoms with Gasteiger partial charge in [-0.3, -0.25) is 0 Å². The molecule has 1 aromatic rings. The van der Waals surface area contributed by atoms with Crippen molar-refractivity contribution in [2.24, 2.45) is 17.8 Å². The minimum Gasteiger partial charge on any atom is -0.0622 e. The zero-order chi connectivity index (χ0) is 10.1. The van der Waals surface area contributed by atoms with Crippen molar-refractivity contribution in [2.45, 2.75) is 33.1 Å². The molecular weight excluding hydrogens is 168 g/mol. The van der Waals surface area contributed by atoms with E-state index in [1.54, 1.807) is 0 Å². The first-order chi connectivity index (χ1) is 6.70. The number of hydrogen-bond donors (Lipinski definition) is 0. The molecule has 1 fully saturated rings. The Morgan fingerprint density at radius 3 is 2.14 bits per heavy atom. The Morgan fingerprint density at radius 1 is 1.14 bits per heavy atom. The van der Waals surface area contributed by atoms with Crippen LogP contribution in [0.3, 0.4) is 0 Å². The highest BCUT2D eigenvalue weighted by Crippen LogP contribution is 2.51. The molecule has 0 bridgehead atoms. The van der Waals surface area contributed by atoms with Crippen LogP contribution in [0.5, 0.6) is 0 Å². The van der Waals surface area contributed by atoms with Crippen LogP contribution in [0.2, 0.25) is 0 Å². The molecule has 0 amide bonds. The maximum Gasteiger partial charge on any atom is -0.0108 e. The van der Waals surface area contributed by atoms with Crippen LogP contribution >= 0.6 is 0 Å². The second-order valence-corrected chi connectivity index (χ2v) is 5.06. The van der Waals surface area contributed by atoms with Crippen LogP contribution in [-0.2, 0) is 0 Å². The molecule has 0 heteroatoms. The molecule has 0 nitrogen and oxygen atoms in total. The Labute approximate surface area is 87.3 Å². The summed E-state index contributed by atoms with van der Waals surface area (Å²) in [7, 11) is 0. The molecule has 3 atom stereocenters. The highest BCUT2D eigenvalue weighted by molar-refractivity contribution is 5.22. The molecule has 0 saturated heterocycles. The summed E-state index contributed by atoms with van der Waals surface area (Å²) in [6.07, 6.45) is 1.43. The second-order valence-electron chi connectivity index (χ2n) is 5.06. The largest absolute Gasteiger partial charge is 0.0622 e. The molecule has 1 aromatic carbocycles. The van der Waals surface area contributed by atoms with Gasteiger partial charge in [0.05, 0.1) is 0 Å². The van der Waals surface area contributed by atoms with Gasteiger partial charge >= 0.3 is 0 Å². The minimum absolute atomic E-state index is 0.771. The standard InChI is InChI=1S/C14H20/c1-10(2)14(13-9-11(13)3)12-7-5-4-6-8-12/h4-8,10-11,13-14H,9H2,1-3H3. The molecule has 0 spiro atoms. The van der Waals surface area contributed by atoms with E-state index in [1.807, 2.05) is 0 Å². The summed E-state index contributed by atoms with van der Waals surface area (Å²) >= 11 is 0. The maximum atomic E-state index is 2.38. The van der Waals surface area contributed by atoms with Gasteiger partial charge in [0.15, 0.2) is 0 Å². The summed E-state index contributed by atoms with van der Waals surface area (Å²) in [5, 5.41) is 0. The van der Waals surface area contributed by atoms with Gasteiger partial charge in [-0.15, -0.1) is 0 Å². The summed E-state index contributed by atoms with van der Waals surface area (Å²) in [4.78, 5) is 0. The molecule has 0 aromatic heterocycles. The van der Waals surface area contributed by atoms with Gasteiger partial charge in [0.2, 0.25) is 0 Å². The molecule has 1 aliphatic carbocycles. The van der Waals surface area contributed by atoms with Crippen molar-refractivity contribution in [1.82, 2.24) is 0 Å². The molecule has 76 valence electrons. The van der Waals surface area contributed by atoms with Gasteiger partial charge in [0, 0.05) is 0 Å². The summed E-state index contributed by atoms with van der Waals surface area (Å²) in [6, 6.07) is 11.0. The fraction of sp³-hybridized carbons (Fsp3) is 0.571. The van der Waals surface area contributed by atoms with Crippen molar-refractivity contribution in [3.05, 3.63) is 35.9 Å². The van der Waals surface area contributed by atoms with Gasteiger partial charge in [-0.2, -0.15) is 0 Å². The highest BCUT2D eigenvalue weighted by Gasteiger charge is 2.41. The summed E-state index contributed by atoms with van der Waals surface area (Å²) in [5.74, 6) is 3.44. The van der Waals surface area contributed by atoms with E-state index >= 15 is 0 Å². The Bertz CT molecular complexity index is 286. The first-order valence-corrected chi connectivity index (χ1v) is 5.75. The number of benzene rings is 1. The lowest BCUT2D eigenvalue weighted by molar-refractivity contribution is 0.434. The van der Waals surface area contributed by atoms with Crippen LogP contribution in [0.15, 0.2) is 30.3 Å². The summed E-state index contributed by atoms with van der Waals surface area (Å²) < 4.78 is 0. The lowest BCUT2D eigenvalue weighted by Gasteiger charge is -2.21. The lowest BCUT2D eigenvalue weighted by atomic mass is 9.84. The average Bonchev–Trinajstić information content (AvgIpc) is 2.84. The molecule has 0 aliphatic heterocycles. The van der Waals surface area contributed by atoms with Crippen molar-refractivity contribution in [3.63, 3.8) is 0 Å². The van der Waals surface area contributed by atoms with Crippen LogP contribution in [0.1, 0.15) is 38.7 Å². The summed E-state index contributed by atoms with van der Waals surface area (Å²) in [6.45, 7) is 7.08. The zero-order valence-corrected chi connectivity index (χ0v) is 9.40. The van der Waals surface area contributed by atoms with E-state index in [0.717, 1.165) is 23.7 Å². The van der Waals surface area contributed by atoms with Gasteiger partial charge in [-0.05, 0) is 35.7 Å². The Balaban J connectivity index is 2.19. The molecule has 3 unspecified atom stereocenters. The van der Waals surface area contributed by atoms with Gasteiger partial charge in [-0.25, -0.2) is 0 Å². The van der Waals surface area contributed by atoms with Gasteiger partial charge < -0.3 is 0 Å². The van der Waals surface area contributed by atoms with Crippen LogP contribution < -0.4 is 0 Å².